The minimum atomic E-state index is -1.24. The van der Waals surface area contributed by atoms with E-state index >= 15 is 0 Å². The molecular formula is C25H24N2O5. The quantitative estimate of drug-likeness (QED) is 0.295. The molecule has 2 unspecified atom stereocenters. The van der Waals surface area contributed by atoms with E-state index in [4.69, 9.17) is 4.74 Å². The van der Waals surface area contributed by atoms with Crippen LogP contribution in [0, 0.1) is 17.0 Å². The van der Waals surface area contributed by atoms with Gasteiger partial charge in [-0.05, 0) is 30.0 Å². The number of anilines is 1. The zero-order chi connectivity index (χ0) is 23.1. The Morgan fingerprint density at radius 1 is 0.969 bits per heavy atom. The number of nitro benzene ring substituents is 1. The zero-order valence-corrected chi connectivity index (χ0v) is 17.9. The van der Waals surface area contributed by atoms with Gasteiger partial charge in [-0.1, -0.05) is 73.7 Å². The highest BCUT2D eigenvalue weighted by Gasteiger charge is 2.28. The highest BCUT2D eigenvalue weighted by molar-refractivity contribution is 5.97. The summed E-state index contributed by atoms with van der Waals surface area (Å²) in [4.78, 5) is 36.6. The second-order valence-electron chi connectivity index (χ2n) is 7.56. The van der Waals surface area contributed by atoms with E-state index < -0.39 is 22.9 Å². The summed E-state index contributed by atoms with van der Waals surface area (Å²) < 4.78 is 5.57. The molecule has 3 aromatic rings. The molecule has 0 aliphatic carbocycles. The largest absolute Gasteiger partial charge is 0.447 e. The summed E-state index contributed by atoms with van der Waals surface area (Å²) in [7, 11) is 0. The van der Waals surface area contributed by atoms with E-state index in [-0.39, 0.29) is 23.7 Å². The van der Waals surface area contributed by atoms with Crippen LogP contribution in [0.1, 0.15) is 42.1 Å². The zero-order valence-electron chi connectivity index (χ0n) is 17.9. The van der Waals surface area contributed by atoms with Crippen LogP contribution in [0.5, 0.6) is 0 Å². The fourth-order valence-corrected chi connectivity index (χ4v) is 3.33. The van der Waals surface area contributed by atoms with E-state index in [0.717, 1.165) is 5.56 Å². The molecule has 164 valence electrons. The Labute approximate surface area is 186 Å². The van der Waals surface area contributed by atoms with Crippen LogP contribution in [0.4, 0.5) is 11.4 Å². The molecule has 7 heteroatoms. The molecule has 1 amide bonds. The Hall–Kier alpha value is -4.00. The number of carbonyl (C=O) groups excluding carboxylic acids is 2. The van der Waals surface area contributed by atoms with Gasteiger partial charge in [0, 0.05) is 11.6 Å². The third-order valence-corrected chi connectivity index (χ3v) is 5.04. The van der Waals surface area contributed by atoms with Crippen molar-refractivity contribution in [1.82, 2.24) is 0 Å². The minimum Gasteiger partial charge on any atom is -0.447 e. The van der Waals surface area contributed by atoms with Crippen molar-refractivity contribution >= 4 is 23.3 Å². The lowest BCUT2D eigenvalue weighted by atomic mass is 9.98. The maximum Gasteiger partial charge on any atom is 0.307 e. The van der Waals surface area contributed by atoms with Gasteiger partial charge in [0.2, 0.25) is 6.10 Å². The van der Waals surface area contributed by atoms with Gasteiger partial charge >= 0.3 is 5.97 Å². The fourth-order valence-electron chi connectivity index (χ4n) is 3.33. The van der Waals surface area contributed by atoms with E-state index in [1.807, 2.05) is 37.3 Å². The number of amides is 1. The van der Waals surface area contributed by atoms with Crippen molar-refractivity contribution < 1.29 is 19.2 Å². The van der Waals surface area contributed by atoms with Gasteiger partial charge in [0.1, 0.15) is 5.69 Å². The molecule has 3 rings (SSSR count). The molecule has 0 radical (unpaired) electrons. The van der Waals surface area contributed by atoms with Crippen LogP contribution < -0.4 is 5.32 Å². The Morgan fingerprint density at radius 3 is 2.16 bits per heavy atom. The van der Waals surface area contributed by atoms with Gasteiger partial charge in [0.05, 0.1) is 11.3 Å². The van der Waals surface area contributed by atoms with Crippen LogP contribution in [0.15, 0.2) is 78.9 Å². The van der Waals surface area contributed by atoms with Crippen molar-refractivity contribution in [3.8, 4) is 0 Å². The van der Waals surface area contributed by atoms with Crippen LogP contribution in [0.25, 0.3) is 0 Å². The van der Waals surface area contributed by atoms with E-state index in [1.54, 1.807) is 43.3 Å². The van der Waals surface area contributed by atoms with Crippen molar-refractivity contribution in [3.63, 3.8) is 0 Å². The Bertz CT molecular complexity index is 1100. The maximum absolute atomic E-state index is 13.1. The van der Waals surface area contributed by atoms with Crippen LogP contribution in [0.2, 0.25) is 0 Å². The molecule has 0 saturated heterocycles. The third-order valence-electron chi connectivity index (χ3n) is 5.04. The topological polar surface area (TPSA) is 98.5 Å². The summed E-state index contributed by atoms with van der Waals surface area (Å²) in [5.41, 5.74) is 1.96. The Morgan fingerprint density at radius 2 is 1.56 bits per heavy atom. The molecule has 0 saturated carbocycles. The van der Waals surface area contributed by atoms with Crippen molar-refractivity contribution in [3.05, 3.63) is 106 Å². The van der Waals surface area contributed by atoms with Gasteiger partial charge in [0.25, 0.3) is 11.6 Å². The Balaban J connectivity index is 1.80. The van der Waals surface area contributed by atoms with Crippen LogP contribution in [-0.2, 0) is 14.3 Å². The fraction of sp³-hybridized carbons (Fsp3) is 0.200. The predicted molar refractivity (Wildman–Crippen MR) is 121 cm³/mol. The summed E-state index contributed by atoms with van der Waals surface area (Å²) in [6, 6.07) is 22.6. The van der Waals surface area contributed by atoms with Gasteiger partial charge in [-0.3, -0.25) is 19.7 Å². The molecule has 0 fully saturated rings. The maximum atomic E-state index is 13.1. The SMILES string of the molecule is Cc1ccc(NC(=O)C(OC(=O)CC(C)c2ccccc2)c2ccccc2)c([N+](=O)[O-])c1. The van der Waals surface area contributed by atoms with Crippen molar-refractivity contribution in [2.24, 2.45) is 0 Å². The summed E-state index contributed by atoms with van der Waals surface area (Å²) in [6.45, 7) is 3.63. The second-order valence-corrected chi connectivity index (χ2v) is 7.56. The normalized spacial score (nSPS) is 12.4. The average molecular weight is 432 g/mol. The first-order valence-electron chi connectivity index (χ1n) is 10.2. The molecule has 3 aromatic carbocycles. The summed E-state index contributed by atoms with van der Waals surface area (Å²) in [5, 5.41) is 13.9. The number of hydrogen-bond acceptors (Lipinski definition) is 5. The first-order valence-corrected chi connectivity index (χ1v) is 10.2. The second kappa shape index (κ2) is 10.3. The number of nitrogens with one attached hydrogen (secondary N) is 1. The van der Waals surface area contributed by atoms with Crippen molar-refractivity contribution in [2.45, 2.75) is 32.3 Å². The number of hydrogen-bond donors (Lipinski definition) is 1. The number of esters is 1. The van der Waals surface area contributed by atoms with Crippen molar-refractivity contribution in [1.29, 1.82) is 0 Å². The number of nitro groups is 1. The first-order chi connectivity index (χ1) is 15.3. The minimum absolute atomic E-state index is 0.0419. The molecule has 0 aliphatic heterocycles. The van der Waals surface area contributed by atoms with Crippen LogP contribution in [0.3, 0.4) is 0 Å². The smallest absolute Gasteiger partial charge is 0.307 e. The summed E-state index contributed by atoms with van der Waals surface area (Å²) in [6.07, 6.45) is -1.15. The lowest BCUT2D eigenvalue weighted by Gasteiger charge is -2.19. The number of ether oxygens (including phenoxy) is 1. The molecule has 32 heavy (non-hydrogen) atoms. The molecule has 0 bridgehead atoms. The number of benzene rings is 3. The summed E-state index contributed by atoms with van der Waals surface area (Å²) >= 11 is 0. The van der Waals surface area contributed by atoms with E-state index in [1.165, 1.54) is 12.1 Å². The molecule has 2 atom stereocenters. The molecule has 0 heterocycles. The van der Waals surface area contributed by atoms with E-state index in [9.17, 15) is 19.7 Å². The number of nitrogens with zero attached hydrogens (tertiary/aromatic N) is 1. The highest BCUT2D eigenvalue weighted by atomic mass is 16.6. The van der Waals surface area contributed by atoms with E-state index in [0.29, 0.717) is 11.1 Å². The highest BCUT2D eigenvalue weighted by Crippen LogP contribution is 2.28. The van der Waals surface area contributed by atoms with Crippen LogP contribution in [-0.4, -0.2) is 16.8 Å². The molecule has 0 aromatic heterocycles. The number of rotatable bonds is 8. The first kappa shape index (κ1) is 22.7. The third kappa shape index (κ3) is 5.78. The Kier molecular flexibility index (Phi) is 7.33. The van der Waals surface area contributed by atoms with Gasteiger partial charge in [-0.25, -0.2) is 0 Å². The lowest BCUT2D eigenvalue weighted by molar-refractivity contribution is -0.384. The molecular weight excluding hydrogens is 408 g/mol. The monoisotopic (exact) mass is 432 g/mol. The van der Waals surface area contributed by atoms with Gasteiger partial charge in [-0.2, -0.15) is 0 Å². The van der Waals surface area contributed by atoms with Gasteiger partial charge < -0.3 is 10.1 Å². The number of carbonyl (C=O) groups is 2. The molecule has 1 N–H and O–H groups in total. The van der Waals surface area contributed by atoms with Crippen molar-refractivity contribution in [2.75, 3.05) is 5.32 Å². The average Bonchev–Trinajstić information content (AvgIpc) is 2.79. The number of aryl methyl sites for hydroxylation is 1. The molecule has 0 spiro atoms. The predicted octanol–water partition coefficient (Wildman–Crippen LogP) is 5.32. The standard InChI is InChI=1S/C25H24N2O5/c1-17-13-14-21(22(15-17)27(30)31)26-25(29)24(20-11-7-4-8-12-20)32-23(28)16-18(2)19-9-5-3-6-10-19/h3-15,18,24H,16H2,1-2H3,(H,26,29). The molecule has 7 nitrogen and oxygen atoms in total. The van der Waals surface area contributed by atoms with Gasteiger partial charge in [0.15, 0.2) is 0 Å². The lowest BCUT2D eigenvalue weighted by Crippen LogP contribution is -2.26. The van der Waals surface area contributed by atoms with E-state index in [2.05, 4.69) is 5.32 Å². The molecule has 0 aliphatic rings. The van der Waals surface area contributed by atoms with Crippen LogP contribution >= 0.6 is 0 Å². The van der Waals surface area contributed by atoms with Gasteiger partial charge in [-0.15, -0.1) is 0 Å². The summed E-state index contributed by atoms with van der Waals surface area (Å²) in [5.74, 6) is -1.30.